The highest BCUT2D eigenvalue weighted by Crippen LogP contribution is 2.42. The van der Waals surface area contributed by atoms with Gasteiger partial charge in [-0.05, 0) is 30.7 Å². The zero-order chi connectivity index (χ0) is 11.1. The van der Waals surface area contributed by atoms with E-state index < -0.39 is 11.6 Å². The zero-order valence-electron chi connectivity index (χ0n) is 8.14. The number of aliphatic hydroxyl groups is 1. The van der Waals surface area contributed by atoms with Crippen molar-refractivity contribution in [2.45, 2.75) is 30.9 Å². The Bertz CT molecular complexity index is 390. The third kappa shape index (κ3) is 1.78. The van der Waals surface area contributed by atoms with Crippen LogP contribution in [0.1, 0.15) is 34.5 Å². The van der Waals surface area contributed by atoms with Crippen LogP contribution in [-0.2, 0) is 5.60 Å². The van der Waals surface area contributed by atoms with Crippen molar-refractivity contribution in [3.8, 4) is 0 Å². The van der Waals surface area contributed by atoms with Crippen molar-refractivity contribution in [2.75, 3.05) is 0 Å². The summed E-state index contributed by atoms with van der Waals surface area (Å²) < 4.78 is 0. The van der Waals surface area contributed by atoms with Gasteiger partial charge >= 0.3 is 5.97 Å². The predicted molar refractivity (Wildman–Crippen MR) is 57.0 cm³/mol. The van der Waals surface area contributed by atoms with Crippen molar-refractivity contribution >= 4 is 17.3 Å². The van der Waals surface area contributed by atoms with Crippen LogP contribution in [0.5, 0.6) is 0 Å². The second-order valence-corrected chi connectivity index (χ2v) is 4.92. The highest BCUT2D eigenvalue weighted by atomic mass is 32.1. The van der Waals surface area contributed by atoms with Crippen molar-refractivity contribution < 1.29 is 15.0 Å². The Balaban J connectivity index is 2.37. The second kappa shape index (κ2) is 3.59. The van der Waals surface area contributed by atoms with E-state index in [9.17, 15) is 9.90 Å². The molecule has 1 aromatic heterocycles. The third-order valence-corrected chi connectivity index (χ3v) is 3.95. The van der Waals surface area contributed by atoms with Crippen molar-refractivity contribution in [3.63, 3.8) is 0 Å². The minimum Gasteiger partial charge on any atom is -0.478 e. The standard InChI is InChI=1S/C10H13NO3S/c11-6-1-3-10(14,5-6)8-7(9(12)13)2-4-15-8/h2,4,6,14H,1,3,5,11H2,(H,12,13). The molecule has 1 aliphatic carbocycles. The maximum atomic E-state index is 10.9. The van der Waals surface area contributed by atoms with Gasteiger partial charge in [-0.2, -0.15) is 0 Å². The average molecular weight is 227 g/mol. The van der Waals surface area contributed by atoms with E-state index in [1.807, 2.05) is 0 Å². The van der Waals surface area contributed by atoms with Crippen LogP contribution in [0.2, 0.25) is 0 Å². The third-order valence-electron chi connectivity index (χ3n) is 2.85. The first-order valence-corrected chi connectivity index (χ1v) is 5.70. The number of carboxylic acid groups (broad SMARTS) is 1. The van der Waals surface area contributed by atoms with Crippen molar-refractivity contribution in [1.82, 2.24) is 0 Å². The lowest BCUT2D eigenvalue weighted by atomic mass is 9.97. The van der Waals surface area contributed by atoms with Gasteiger partial charge in [0.05, 0.1) is 10.4 Å². The summed E-state index contributed by atoms with van der Waals surface area (Å²) in [6.07, 6.45) is 1.75. The molecule has 2 atom stereocenters. The molecule has 0 amide bonds. The van der Waals surface area contributed by atoms with Crippen LogP contribution >= 0.6 is 11.3 Å². The molecule has 1 aliphatic rings. The molecule has 0 aliphatic heterocycles. The Morgan fingerprint density at radius 1 is 1.67 bits per heavy atom. The first-order valence-electron chi connectivity index (χ1n) is 4.82. The molecule has 0 bridgehead atoms. The summed E-state index contributed by atoms with van der Waals surface area (Å²) in [4.78, 5) is 11.5. The Morgan fingerprint density at radius 3 is 2.93 bits per heavy atom. The summed E-state index contributed by atoms with van der Waals surface area (Å²) in [6.45, 7) is 0. The number of hydrogen-bond donors (Lipinski definition) is 3. The molecule has 1 saturated carbocycles. The smallest absolute Gasteiger partial charge is 0.336 e. The molecule has 2 rings (SSSR count). The molecule has 4 N–H and O–H groups in total. The molecule has 2 unspecified atom stereocenters. The van der Waals surface area contributed by atoms with Crippen molar-refractivity contribution in [2.24, 2.45) is 5.73 Å². The van der Waals surface area contributed by atoms with Gasteiger partial charge in [-0.15, -0.1) is 11.3 Å². The summed E-state index contributed by atoms with van der Waals surface area (Å²) in [5.74, 6) is -0.986. The number of aromatic carboxylic acids is 1. The fraction of sp³-hybridized carbons (Fsp3) is 0.500. The largest absolute Gasteiger partial charge is 0.478 e. The molecule has 15 heavy (non-hydrogen) atoms. The number of carbonyl (C=O) groups is 1. The second-order valence-electron chi connectivity index (χ2n) is 4.00. The number of carboxylic acids is 1. The van der Waals surface area contributed by atoms with Gasteiger partial charge < -0.3 is 15.9 Å². The molecule has 0 spiro atoms. The van der Waals surface area contributed by atoms with Gasteiger partial charge in [-0.25, -0.2) is 4.79 Å². The molecule has 1 heterocycles. The minimum absolute atomic E-state index is 0.0289. The molecule has 0 aromatic carbocycles. The normalized spacial score (nSPS) is 30.7. The van der Waals surface area contributed by atoms with E-state index in [1.54, 1.807) is 5.38 Å². The Morgan fingerprint density at radius 2 is 2.40 bits per heavy atom. The van der Waals surface area contributed by atoms with Crippen LogP contribution in [0.4, 0.5) is 0 Å². The van der Waals surface area contributed by atoms with Gasteiger partial charge in [-0.3, -0.25) is 0 Å². The fourth-order valence-corrected chi connectivity index (χ4v) is 3.13. The molecule has 0 radical (unpaired) electrons. The molecule has 1 aromatic rings. The Kier molecular flexibility index (Phi) is 2.54. The highest BCUT2D eigenvalue weighted by molar-refractivity contribution is 7.10. The number of nitrogens with two attached hydrogens (primary N) is 1. The number of thiophene rings is 1. The summed E-state index contributed by atoms with van der Waals surface area (Å²) in [5.41, 5.74) is 4.92. The summed E-state index contributed by atoms with van der Waals surface area (Å²) in [7, 11) is 0. The summed E-state index contributed by atoms with van der Waals surface area (Å²) in [6, 6.07) is 1.50. The SMILES string of the molecule is NC1CCC(O)(c2sccc2C(=O)O)C1. The molecule has 1 fully saturated rings. The molecular formula is C10H13NO3S. The van der Waals surface area contributed by atoms with E-state index in [0.29, 0.717) is 17.7 Å². The van der Waals surface area contributed by atoms with Crippen LogP contribution < -0.4 is 5.73 Å². The average Bonchev–Trinajstić information content (AvgIpc) is 2.72. The lowest BCUT2D eigenvalue weighted by molar-refractivity contribution is 0.0433. The molecule has 5 heteroatoms. The van der Waals surface area contributed by atoms with Crippen LogP contribution in [0, 0.1) is 0 Å². The van der Waals surface area contributed by atoms with Crippen molar-refractivity contribution in [1.29, 1.82) is 0 Å². The summed E-state index contributed by atoms with van der Waals surface area (Å²) >= 11 is 1.29. The summed E-state index contributed by atoms with van der Waals surface area (Å²) in [5, 5.41) is 21.0. The van der Waals surface area contributed by atoms with Gasteiger partial charge in [0, 0.05) is 6.04 Å². The monoisotopic (exact) mass is 227 g/mol. The van der Waals surface area contributed by atoms with Crippen LogP contribution in [0.3, 0.4) is 0 Å². The lowest BCUT2D eigenvalue weighted by Gasteiger charge is -2.21. The van der Waals surface area contributed by atoms with E-state index in [2.05, 4.69) is 0 Å². The Labute approximate surface area is 91.3 Å². The molecular weight excluding hydrogens is 214 g/mol. The first kappa shape index (κ1) is 10.6. The lowest BCUT2D eigenvalue weighted by Crippen LogP contribution is -2.26. The number of rotatable bonds is 2. The quantitative estimate of drug-likeness (QED) is 0.707. The molecule has 4 nitrogen and oxygen atoms in total. The minimum atomic E-state index is -1.03. The molecule has 0 saturated heterocycles. The van der Waals surface area contributed by atoms with Gasteiger partial charge in [0.1, 0.15) is 5.60 Å². The Hall–Kier alpha value is -0.910. The van der Waals surface area contributed by atoms with Crippen LogP contribution in [0.15, 0.2) is 11.4 Å². The van der Waals surface area contributed by atoms with Gasteiger partial charge in [0.25, 0.3) is 0 Å². The van der Waals surface area contributed by atoms with E-state index in [-0.39, 0.29) is 11.6 Å². The van der Waals surface area contributed by atoms with Gasteiger partial charge in [0.15, 0.2) is 0 Å². The maximum absolute atomic E-state index is 10.9. The maximum Gasteiger partial charge on any atom is 0.336 e. The van der Waals surface area contributed by atoms with E-state index in [0.717, 1.165) is 6.42 Å². The van der Waals surface area contributed by atoms with E-state index in [4.69, 9.17) is 10.8 Å². The van der Waals surface area contributed by atoms with Crippen molar-refractivity contribution in [3.05, 3.63) is 21.9 Å². The highest BCUT2D eigenvalue weighted by Gasteiger charge is 2.40. The molecule has 82 valence electrons. The fourth-order valence-electron chi connectivity index (χ4n) is 2.11. The zero-order valence-corrected chi connectivity index (χ0v) is 8.96. The predicted octanol–water partition coefficient (Wildman–Crippen LogP) is 1.15. The topological polar surface area (TPSA) is 83.5 Å². The van der Waals surface area contributed by atoms with Gasteiger partial charge in [-0.1, -0.05) is 0 Å². The van der Waals surface area contributed by atoms with Crippen LogP contribution in [-0.4, -0.2) is 22.2 Å². The van der Waals surface area contributed by atoms with E-state index >= 15 is 0 Å². The van der Waals surface area contributed by atoms with Crippen LogP contribution in [0.25, 0.3) is 0 Å². The first-order chi connectivity index (χ1) is 7.03. The van der Waals surface area contributed by atoms with Gasteiger partial charge in [0.2, 0.25) is 0 Å². The number of hydrogen-bond acceptors (Lipinski definition) is 4. The van der Waals surface area contributed by atoms with E-state index in [1.165, 1.54) is 17.4 Å².